The molecule has 0 bridgehead atoms. The minimum absolute atomic E-state index is 0.130. The van der Waals surface area contributed by atoms with Gasteiger partial charge in [0, 0.05) is 6.92 Å². The summed E-state index contributed by atoms with van der Waals surface area (Å²) in [5, 5.41) is 0.508. The third kappa shape index (κ3) is 4.35. The second kappa shape index (κ2) is 8.99. The molecule has 1 aliphatic heterocycles. The molecule has 11 heteroatoms. The third-order valence-corrected chi connectivity index (χ3v) is 6.87. The fourth-order valence-electron chi connectivity index (χ4n) is 3.37. The molecule has 2 aromatic heterocycles. The molecule has 1 aliphatic rings. The number of carbonyl (C=O) groups is 1. The van der Waals surface area contributed by atoms with Gasteiger partial charge in [-0.3, -0.25) is 4.79 Å². The molecule has 1 fully saturated rings. The van der Waals surface area contributed by atoms with Crippen LogP contribution in [0.2, 0.25) is 5.02 Å². The number of fused-ring (bicyclic) bond motifs is 1. The molecule has 4 rings (SSSR count). The van der Waals surface area contributed by atoms with E-state index in [1.807, 2.05) is 18.2 Å². The van der Waals surface area contributed by atoms with E-state index in [2.05, 4.69) is 18.0 Å². The summed E-state index contributed by atoms with van der Waals surface area (Å²) in [4.78, 5) is 25.4. The molecule has 1 N–H and O–H groups in total. The summed E-state index contributed by atoms with van der Waals surface area (Å²) >= 11 is 6.18. The zero-order valence-electron chi connectivity index (χ0n) is 16.5. The Kier molecular flexibility index (Phi) is 6.35. The van der Waals surface area contributed by atoms with Gasteiger partial charge in [-0.05, 0) is 0 Å². The van der Waals surface area contributed by atoms with Crippen molar-refractivity contribution in [1.82, 2.24) is 18.1 Å². The van der Waals surface area contributed by atoms with Gasteiger partial charge in [-0.2, -0.15) is 0 Å². The van der Waals surface area contributed by atoms with Crippen molar-refractivity contribution < 1.29 is 35.5 Å². The summed E-state index contributed by atoms with van der Waals surface area (Å²) in [5.41, 5.74) is 8.62. The summed E-state index contributed by atoms with van der Waals surface area (Å²) in [6, 6.07) is 7.63. The van der Waals surface area contributed by atoms with E-state index in [4.69, 9.17) is 31.8 Å². The summed E-state index contributed by atoms with van der Waals surface area (Å²) in [7, 11) is 1.59. The monoisotopic (exact) mass is 538 g/mol. The Labute approximate surface area is 190 Å². The number of esters is 1. The quantitative estimate of drug-likeness (QED) is 0.202. The van der Waals surface area contributed by atoms with Crippen molar-refractivity contribution >= 4 is 40.1 Å². The van der Waals surface area contributed by atoms with Crippen LogP contribution in [-0.4, -0.2) is 63.0 Å². The molecule has 3 heterocycles. The summed E-state index contributed by atoms with van der Waals surface area (Å²) in [5.74, 6) is 0.897. The van der Waals surface area contributed by atoms with E-state index in [0.29, 0.717) is 21.9 Å². The van der Waals surface area contributed by atoms with Crippen molar-refractivity contribution in [3.05, 3.63) is 29.3 Å². The first kappa shape index (κ1) is 21.2. The number of H-pyrrole nitrogens is 1. The van der Waals surface area contributed by atoms with Crippen LogP contribution in [0.1, 0.15) is 6.92 Å². The van der Waals surface area contributed by atoms with Gasteiger partial charge in [-0.15, -0.1) is 0 Å². The molecule has 0 aliphatic carbocycles. The number of aromatic amines is 1. The summed E-state index contributed by atoms with van der Waals surface area (Å²) < 4.78 is 12.9. The number of aromatic nitrogens is 3. The Morgan fingerprint density at radius 2 is 1.97 bits per heavy atom. The second-order valence-corrected chi connectivity index (χ2v) is 9.03. The predicted molar refractivity (Wildman–Crippen MR) is 112 cm³/mol. The molecule has 0 unspecified atom stereocenters. The number of imidazole rings is 1. The van der Waals surface area contributed by atoms with Gasteiger partial charge in [0.2, 0.25) is 0 Å². The van der Waals surface area contributed by atoms with Crippen molar-refractivity contribution in [1.29, 1.82) is 0 Å². The van der Waals surface area contributed by atoms with E-state index in [1.54, 1.807) is 13.2 Å². The number of piperazine rings is 1. The first-order chi connectivity index (χ1) is 14.5. The molecular formula is C19H19BClIN5O3-. The van der Waals surface area contributed by atoms with Crippen LogP contribution in [0.25, 0.3) is 22.2 Å². The number of pyridine rings is 1. The average molecular weight is 539 g/mol. The van der Waals surface area contributed by atoms with Crippen LogP contribution in [0.5, 0.6) is 11.9 Å². The first-order valence-corrected chi connectivity index (χ1v) is 11.8. The zero-order chi connectivity index (χ0) is 21.3. The molecule has 2 radical (unpaired) electrons. The number of methoxy groups -OCH3 is 1. The van der Waals surface area contributed by atoms with Gasteiger partial charge in [0.1, 0.15) is 0 Å². The van der Waals surface area contributed by atoms with Crippen molar-refractivity contribution in [2.24, 2.45) is 0 Å². The molecule has 30 heavy (non-hydrogen) atoms. The number of ether oxygens (including phenoxy) is 2. The third-order valence-electron chi connectivity index (χ3n) is 4.81. The van der Waals surface area contributed by atoms with Crippen molar-refractivity contribution in [2.45, 2.75) is 6.92 Å². The van der Waals surface area contributed by atoms with Gasteiger partial charge in [-0.1, -0.05) is 0 Å². The van der Waals surface area contributed by atoms with Gasteiger partial charge in [-0.25, -0.2) is 0 Å². The molecule has 156 valence electrons. The van der Waals surface area contributed by atoms with E-state index in [9.17, 15) is 4.79 Å². The Balaban J connectivity index is 1.67. The fourth-order valence-corrected chi connectivity index (χ4v) is 4.63. The Morgan fingerprint density at radius 3 is 2.63 bits per heavy atom. The van der Waals surface area contributed by atoms with Crippen molar-refractivity contribution in [3.63, 3.8) is 0 Å². The molecule has 1 saturated heterocycles. The van der Waals surface area contributed by atoms with Gasteiger partial charge in [0.25, 0.3) is 0 Å². The number of nitrogens with zero attached hydrogens (tertiary/aromatic N) is 4. The number of rotatable bonds is 5. The van der Waals surface area contributed by atoms with Crippen LogP contribution in [0.15, 0.2) is 24.3 Å². The SMILES string of the molecule is [B][I-]N1CCN(c2ccc(-c3cc4nc(OC(C)=O)[nH]c4cc3Cl)c(OC)n2)CC1. The average Bonchev–Trinajstić information content (AvgIpc) is 3.13. The summed E-state index contributed by atoms with van der Waals surface area (Å²) in [6.45, 7) is 4.97. The standard InChI is InChI=1S/C19H19BClIN5O3/c1-11(28)30-19-23-15-9-13(14(21)10-16(15)24-19)12-3-4-17(25-18(12)29-2)26-5-7-27(22-20)8-6-26/h3-4,9-10H,5-8H2,1-2H3,(H,23,24)/q-1. The van der Waals surface area contributed by atoms with Crippen molar-refractivity contribution in [2.75, 3.05) is 38.2 Å². The molecule has 0 amide bonds. The number of nitrogens with one attached hydrogen (secondary N) is 1. The van der Waals surface area contributed by atoms with Crippen LogP contribution in [0.4, 0.5) is 5.82 Å². The van der Waals surface area contributed by atoms with Crippen LogP contribution < -0.4 is 35.6 Å². The predicted octanol–water partition coefficient (Wildman–Crippen LogP) is -0.578. The molecule has 0 spiro atoms. The molecule has 8 nitrogen and oxygen atoms in total. The fraction of sp³-hybridized carbons (Fsp3) is 0.316. The molecule has 3 aromatic rings. The number of hydrogen-bond donors (Lipinski definition) is 1. The van der Waals surface area contributed by atoms with Gasteiger partial charge in [0.05, 0.1) is 0 Å². The zero-order valence-corrected chi connectivity index (χ0v) is 19.4. The number of hydrogen-bond acceptors (Lipinski definition) is 7. The summed E-state index contributed by atoms with van der Waals surface area (Å²) in [6.07, 6.45) is 0. The number of anilines is 1. The van der Waals surface area contributed by atoms with E-state index in [-0.39, 0.29) is 27.3 Å². The normalized spacial score (nSPS) is 15.0. The number of benzene rings is 1. The van der Waals surface area contributed by atoms with Crippen LogP contribution in [-0.2, 0) is 4.79 Å². The molecule has 0 saturated carbocycles. The Morgan fingerprint density at radius 1 is 1.20 bits per heavy atom. The van der Waals surface area contributed by atoms with E-state index in [1.165, 1.54) is 6.92 Å². The van der Waals surface area contributed by atoms with E-state index in [0.717, 1.165) is 43.1 Å². The van der Waals surface area contributed by atoms with Crippen LogP contribution in [0, 0.1) is 0 Å². The van der Waals surface area contributed by atoms with E-state index >= 15 is 0 Å². The van der Waals surface area contributed by atoms with Gasteiger partial charge in [0.15, 0.2) is 0 Å². The van der Waals surface area contributed by atoms with Gasteiger partial charge < -0.3 is 9.72 Å². The maximum atomic E-state index is 11.2. The van der Waals surface area contributed by atoms with Crippen molar-refractivity contribution in [3.8, 4) is 23.0 Å². The van der Waals surface area contributed by atoms with Gasteiger partial charge >= 0.3 is 170 Å². The Hall–Kier alpha value is -2.05. The molecule has 1 aromatic carbocycles. The number of carbonyl (C=O) groups excluding carboxylic acids is 1. The maximum absolute atomic E-state index is 11.2. The second-order valence-electron chi connectivity index (χ2n) is 6.71. The van der Waals surface area contributed by atoms with Crippen LogP contribution in [0.3, 0.4) is 0 Å². The Bertz CT molecular complexity index is 1090. The molecule has 0 atom stereocenters. The minimum atomic E-state index is -0.448. The first-order valence-electron chi connectivity index (χ1n) is 9.25. The topological polar surface area (TPSA) is 83.6 Å². The van der Waals surface area contributed by atoms with E-state index < -0.39 is 5.97 Å². The molecular weight excluding hydrogens is 519 g/mol. The number of halogens is 2. The van der Waals surface area contributed by atoms with Crippen LogP contribution >= 0.6 is 11.6 Å².